The maximum atomic E-state index is 9.01. The SMILES string of the molecule is [CH2]c1ccc(O)c(I)c1. The van der Waals surface area contributed by atoms with Gasteiger partial charge >= 0.3 is 0 Å². The Labute approximate surface area is 67.9 Å². The molecule has 0 atom stereocenters. The Kier molecular flexibility index (Phi) is 1.95. The summed E-state index contributed by atoms with van der Waals surface area (Å²) in [4.78, 5) is 0. The smallest absolute Gasteiger partial charge is 0.128 e. The predicted molar refractivity (Wildman–Crippen MR) is 45.3 cm³/mol. The fourth-order valence-electron chi connectivity index (χ4n) is 0.550. The fraction of sp³-hybridized carbons (Fsp3) is 0. The van der Waals surface area contributed by atoms with Gasteiger partial charge in [-0.05, 0) is 47.2 Å². The summed E-state index contributed by atoms with van der Waals surface area (Å²) in [6, 6.07) is 5.25. The van der Waals surface area contributed by atoms with E-state index in [0.29, 0.717) is 5.75 Å². The Morgan fingerprint density at radius 1 is 1.44 bits per heavy atom. The third-order valence-electron chi connectivity index (χ3n) is 1.01. The second-order valence-electron chi connectivity index (χ2n) is 1.79. The first-order valence-electron chi connectivity index (χ1n) is 2.50. The van der Waals surface area contributed by atoms with Crippen molar-refractivity contribution in [3.8, 4) is 5.75 Å². The quantitative estimate of drug-likeness (QED) is 0.681. The molecule has 0 saturated heterocycles. The van der Waals surface area contributed by atoms with Crippen molar-refractivity contribution >= 4 is 22.6 Å². The third kappa shape index (κ3) is 1.58. The number of aromatic hydroxyl groups is 1. The van der Waals surface area contributed by atoms with E-state index in [1.807, 2.05) is 6.07 Å². The molecule has 9 heavy (non-hydrogen) atoms. The summed E-state index contributed by atoms with van der Waals surface area (Å²) in [5.74, 6) is 0.322. The monoisotopic (exact) mass is 233 g/mol. The first-order valence-corrected chi connectivity index (χ1v) is 3.58. The first kappa shape index (κ1) is 6.86. The number of phenolic OH excluding ortho intramolecular Hbond substituents is 1. The van der Waals surface area contributed by atoms with E-state index in [-0.39, 0.29) is 0 Å². The molecule has 0 aliphatic rings. The Balaban J connectivity index is 3.17. The molecule has 0 fully saturated rings. The molecule has 1 rings (SSSR count). The molecule has 0 spiro atoms. The Bertz CT molecular complexity index is 220. The van der Waals surface area contributed by atoms with E-state index in [9.17, 15) is 0 Å². The summed E-state index contributed by atoms with van der Waals surface area (Å²) in [5, 5.41) is 9.01. The molecule has 0 amide bonds. The van der Waals surface area contributed by atoms with Crippen LogP contribution in [0.15, 0.2) is 18.2 Å². The van der Waals surface area contributed by atoms with E-state index < -0.39 is 0 Å². The van der Waals surface area contributed by atoms with E-state index in [2.05, 4.69) is 29.5 Å². The Morgan fingerprint density at radius 3 is 2.56 bits per heavy atom. The van der Waals surface area contributed by atoms with Crippen molar-refractivity contribution in [1.29, 1.82) is 0 Å². The molecule has 2 heteroatoms. The second-order valence-corrected chi connectivity index (χ2v) is 2.95. The van der Waals surface area contributed by atoms with Gasteiger partial charge in [0.1, 0.15) is 5.75 Å². The lowest BCUT2D eigenvalue weighted by Gasteiger charge is -1.95. The van der Waals surface area contributed by atoms with Gasteiger partial charge in [-0.15, -0.1) is 0 Å². The van der Waals surface area contributed by atoms with E-state index >= 15 is 0 Å². The second kappa shape index (κ2) is 2.56. The van der Waals surface area contributed by atoms with Gasteiger partial charge in [0.2, 0.25) is 0 Å². The molecule has 0 aromatic heterocycles. The minimum atomic E-state index is 0.322. The van der Waals surface area contributed by atoms with Crippen LogP contribution >= 0.6 is 22.6 Å². The van der Waals surface area contributed by atoms with Gasteiger partial charge in [0.15, 0.2) is 0 Å². The van der Waals surface area contributed by atoms with Gasteiger partial charge in [-0.25, -0.2) is 0 Å². The van der Waals surface area contributed by atoms with Crippen molar-refractivity contribution in [1.82, 2.24) is 0 Å². The van der Waals surface area contributed by atoms with Crippen LogP contribution in [0.2, 0.25) is 0 Å². The van der Waals surface area contributed by atoms with E-state index in [1.54, 1.807) is 12.1 Å². The normalized spacial score (nSPS) is 9.56. The summed E-state index contributed by atoms with van der Waals surface area (Å²) in [6.07, 6.45) is 0. The molecule has 0 saturated carbocycles. The molecule has 0 heterocycles. The number of hydrogen-bond acceptors (Lipinski definition) is 1. The van der Waals surface area contributed by atoms with E-state index in [0.717, 1.165) is 9.13 Å². The number of phenols is 1. The van der Waals surface area contributed by atoms with Gasteiger partial charge in [0.05, 0.1) is 3.57 Å². The Morgan fingerprint density at radius 2 is 2.11 bits per heavy atom. The van der Waals surface area contributed by atoms with Crippen LogP contribution in [-0.4, -0.2) is 5.11 Å². The molecule has 0 unspecified atom stereocenters. The first-order chi connectivity index (χ1) is 4.20. The lowest BCUT2D eigenvalue weighted by molar-refractivity contribution is 0.471. The molecule has 1 nitrogen and oxygen atoms in total. The van der Waals surface area contributed by atoms with Crippen molar-refractivity contribution in [2.45, 2.75) is 0 Å². The molecule has 47 valence electrons. The van der Waals surface area contributed by atoms with E-state index in [4.69, 9.17) is 5.11 Å². The summed E-state index contributed by atoms with van der Waals surface area (Å²) in [6.45, 7) is 3.71. The highest BCUT2D eigenvalue weighted by molar-refractivity contribution is 14.1. The lowest BCUT2D eigenvalue weighted by atomic mass is 10.2. The molecule has 1 radical (unpaired) electrons. The van der Waals surface area contributed by atoms with Crippen LogP contribution in [0.4, 0.5) is 0 Å². The van der Waals surface area contributed by atoms with Gasteiger partial charge in [-0.2, -0.15) is 0 Å². The average molecular weight is 233 g/mol. The highest BCUT2D eigenvalue weighted by Crippen LogP contribution is 2.19. The lowest BCUT2D eigenvalue weighted by Crippen LogP contribution is -1.74. The average Bonchev–Trinajstić information content (AvgIpc) is 1.80. The highest BCUT2D eigenvalue weighted by Gasteiger charge is 1.93. The molecule has 0 bridgehead atoms. The maximum absolute atomic E-state index is 9.01. The minimum Gasteiger partial charge on any atom is -0.507 e. The van der Waals surface area contributed by atoms with Crippen molar-refractivity contribution in [2.75, 3.05) is 0 Å². The van der Waals surface area contributed by atoms with Gasteiger partial charge in [-0.1, -0.05) is 6.07 Å². The number of benzene rings is 1. The van der Waals surface area contributed by atoms with Crippen molar-refractivity contribution in [2.24, 2.45) is 0 Å². The zero-order chi connectivity index (χ0) is 6.85. The number of halogens is 1. The number of rotatable bonds is 0. The zero-order valence-corrected chi connectivity index (χ0v) is 6.92. The summed E-state index contributed by atoms with van der Waals surface area (Å²) in [5.41, 5.74) is 0.928. The standard InChI is InChI=1S/C7H6IO/c1-5-2-3-7(9)6(8)4-5/h2-4,9H,1H2. The van der Waals surface area contributed by atoms with Crippen LogP contribution in [-0.2, 0) is 0 Å². The molecular formula is C7H6IO. The molecule has 1 aromatic carbocycles. The van der Waals surface area contributed by atoms with E-state index in [1.165, 1.54) is 0 Å². The molecule has 0 aliphatic carbocycles. The van der Waals surface area contributed by atoms with Gasteiger partial charge in [0.25, 0.3) is 0 Å². The maximum Gasteiger partial charge on any atom is 0.128 e. The van der Waals surface area contributed by atoms with Crippen LogP contribution in [0, 0.1) is 10.5 Å². The molecule has 1 aromatic rings. The number of hydrogen-bond donors (Lipinski definition) is 1. The molecule has 0 aliphatic heterocycles. The van der Waals surface area contributed by atoms with Gasteiger partial charge in [0, 0.05) is 0 Å². The highest BCUT2D eigenvalue weighted by atomic mass is 127. The van der Waals surface area contributed by atoms with Gasteiger partial charge in [-0.3, -0.25) is 0 Å². The minimum absolute atomic E-state index is 0.322. The summed E-state index contributed by atoms with van der Waals surface area (Å²) in [7, 11) is 0. The van der Waals surface area contributed by atoms with Gasteiger partial charge < -0.3 is 5.11 Å². The predicted octanol–water partition coefficient (Wildman–Crippen LogP) is 2.18. The van der Waals surface area contributed by atoms with Crippen molar-refractivity contribution < 1.29 is 5.11 Å². The van der Waals surface area contributed by atoms with Crippen LogP contribution in [0.25, 0.3) is 0 Å². The summed E-state index contributed by atoms with van der Waals surface area (Å²) < 4.78 is 0.847. The summed E-state index contributed by atoms with van der Waals surface area (Å²) >= 11 is 2.06. The van der Waals surface area contributed by atoms with Crippen LogP contribution < -0.4 is 0 Å². The molecule has 1 N–H and O–H groups in total. The Hall–Kier alpha value is -0.250. The third-order valence-corrected chi connectivity index (χ3v) is 1.88. The zero-order valence-electron chi connectivity index (χ0n) is 4.76. The largest absolute Gasteiger partial charge is 0.507 e. The van der Waals surface area contributed by atoms with Crippen molar-refractivity contribution in [3.63, 3.8) is 0 Å². The fourth-order valence-corrected chi connectivity index (χ4v) is 1.13. The molecular weight excluding hydrogens is 227 g/mol. The van der Waals surface area contributed by atoms with Crippen molar-refractivity contribution in [3.05, 3.63) is 34.3 Å². The van der Waals surface area contributed by atoms with Crippen LogP contribution in [0.5, 0.6) is 5.75 Å². The topological polar surface area (TPSA) is 20.2 Å². The van der Waals surface area contributed by atoms with Crippen LogP contribution in [0.1, 0.15) is 5.56 Å². The van der Waals surface area contributed by atoms with Crippen LogP contribution in [0.3, 0.4) is 0 Å².